The van der Waals surface area contributed by atoms with Crippen molar-refractivity contribution in [2.75, 3.05) is 38.8 Å². The third-order valence-electron chi connectivity index (χ3n) is 6.30. The molecule has 1 aromatic carbocycles. The Labute approximate surface area is 230 Å². The number of nitrogens with one attached hydrogen (secondary N) is 3. The number of aromatic amines is 1. The van der Waals surface area contributed by atoms with Gasteiger partial charge in [-0.25, -0.2) is 19.3 Å². The molecule has 3 aromatic heterocycles. The number of amides is 1. The van der Waals surface area contributed by atoms with Crippen molar-refractivity contribution < 1.29 is 27.8 Å². The number of carbonyl (C=O) groups excluding carboxylic acids is 1. The van der Waals surface area contributed by atoms with Gasteiger partial charge in [0.2, 0.25) is 11.9 Å². The smallest absolute Gasteiger partial charge is 0.227 e. The fourth-order valence-electron chi connectivity index (χ4n) is 4.23. The first-order chi connectivity index (χ1) is 19.6. The highest BCUT2D eigenvalue weighted by atomic mass is 19.1. The molecule has 0 spiro atoms. The third kappa shape index (κ3) is 7.08. The Bertz CT molecular complexity index is 1370. The van der Waals surface area contributed by atoms with Gasteiger partial charge >= 0.3 is 0 Å². The van der Waals surface area contributed by atoms with Gasteiger partial charge in [-0.3, -0.25) is 4.79 Å². The summed E-state index contributed by atoms with van der Waals surface area (Å²) in [5.41, 5.74) is 2.58. The van der Waals surface area contributed by atoms with Gasteiger partial charge in [-0.1, -0.05) is 0 Å². The number of anilines is 1. The zero-order valence-corrected chi connectivity index (χ0v) is 22.1. The Kier molecular flexibility index (Phi) is 9.11. The van der Waals surface area contributed by atoms with Gasteiger partial charge in [0.1, 0.15) is 17.4 Å². The molecule has 0 unspecified atom stereocenters. The fraction of sp³-hybridized carbons (Fsp3) is 0.357. The zero-order chi connectivity index (χ0) is 27.7. The minimum Gasteiger partial charge on any atom is -0.467 e. The van der Waals surface area contributed by atoms with Crippen LogP contribution in [0.2, 0.25) is 0 Å². The molecule has 0 saturated carbocycles. The molecule has 0 bridgehead atoms. The number of rotatable bonds is 12. The molecular weight excluding hydrogens is 519 g/mol. The Balaban J connectivity index is 1.29. The van der Waals surface area contributed by atoms with E-state index in [4.69, 9.17) is 23.6 Å². The number of carbonyl (C=O) groups is 1. The van der Waals surface area contributed by atoms with E-state index in [1.165, 1.54) is 12.1 Å². The van der Waals surface area contributed by atoms with E-state index >= 15 is 0 Å². The van der Waals surface area contributed by atoms with Gasteiger partial charge in [-0.2, -0.15) is 0 Å². The van der Waals surface area contributed by atoms with Gasteiger partial charge in [-0.15, -0.1) is 0 Å². The lowest BCUT2D eigenvalue weighted by molar-refractivity contribution is -0.200. The summed E-state index contributed by atoms with van der Waals surface area (Å²) in [6.45, 7) is 2.05. The van der Waals surface area contributed by atoms with E-state index in [0.717, 1.165) is 17.7 Å². The van der Waals surface area contributed by atoms with Crippen LogP contribution in [0.1, 0.15) is 18.0 Å². The van der Waals surface area contributed by atoms with Crippen LogP contribution in [0.3, 0.4) is 0 Å². The first kappa shape index (κ1) is 27.4. The number of imidazole rings is 1. The molecular formula is C28H31FN6O5. The standard InChI is InChI=1S/C28H31FN6O5/c1-37-12-3-10-30-27(36)19-16-39-24(40-17-19)14-23-34-25(18-5-7-20(29)8-6-18)26(35-23)22-9-11-31-28(33-22)32-15-21-4-2-13-38-21/h2,4-9,11,13,19,24H,3,10,12,14-17H2,1H3,(H,30,36)(H,34,35)(H,31,32,33). The van der Waals surface area contributed by atoms with Crippen LogP contribution in [0, 0.1) is 11.7 Å². The van der Waals surface area contributed by atoms with Crippen molar-refractivity contribution in [3.8, 4) is 22.6 Å². The van der Waals surface area contributed by atoms with Crippen molar-refractivity contribution >= 4 is 11.9 Å². The normalized spacial score (nSPS) is 17.1. The summed E-state index contributed by atoms with van der Waals surface area (Å²) in [6, 6.07) is 11.5. The molecule has 1 aliphatic rings. The summed E-state index contributed by atoms with van der Waals surface area (Å²) >= 11 is 0. The number of hydrogen-bond acceptors (Lipinski definition) is 9. The molecule has 12 heteroatoms. The topological polar surface area (TPSA) is 136 Å². The van der Waals surface area contributed by atoms with Crippen molar-refractivity contribution in [2.45, 2.75) is 25.7 Å². The summed E-state index contributed by atoms with van der Waals surface area (Å²) in [7, 11) is 1.63. The maximum atomic E-state index is 13.7. The number of benzene rings is 1. The van der Waals surface area contributed by atoms with E-state index < -0.39 is 6.29 Å². The number of hydrogen-bond donors (Lipinski definition) is 3. The highest BCUT2D eigenvalue weighted by Gasteiger charge is 2.29. The highest BCUT2D eigenvalue weighted by molar-refractivity contribution is 5.79. The first-order valence-corrected chi connectivity index (χ1v) is 13.0. The molecule has 1 amide bonds. The molecule has 4 heterocycles. The van der Waals surface area contributed by atoms with Gasteiger partial charge < -0.3 is 34.2 Å². The summed E-state index contributed by atoms with van der Waals surface area (Å²) in [5, 5.41) is 6.03. The number of H-pyrrole nitrogens is 1. The Morgan fingerprint density at radius 1 is 1.15 bits per heavy atom. The maximum Gasteiger partial charge on any atom is 0.227 e. The van der Waals surface area contributed by atoms with Crippen LogP contribution in [0.4, 0.5) is 10.3 Å². The predicted molar refractivity (Wildman–Crippen MR) is 143 cm³/mol. The van der Waals surface area contributed by atoms with Crippen molar-refractivity contribution in [1.29, 1.82) is 0 Å². The molecule has 11 nitrogen and oxygen atoms in total. The van der Waals surface area contributed by atoms with E-state index in [1.807, 2.05) is 12.1 Å². The number of aromatic nitrogens is 4. The molecule has 4 aromatic rings. The monoisotopic (exact) mass is 550 g/mol. The van der Waals surface area contributed by atoms with Gasteiger partial charge in [-0.05, 0) is 48.9 Å². The van der Waals surface area contributed by atoms with Crippen molar-refractivity contribution in [3.05, 3.63) is 72.3 Å². The SMILES string of the molecule is COCCCNC(=O)C1COC(Cc2nc(-c3ccc(F)cc3)c(-c3ccnc(NCc4ccco4)n3)[nH]2)OC1. The van der Waals surface area contributed by atoms with Gasteiger partial charge in [0, 0.05) is 32.0 Å². The summed E-state index contributed by atoms with van der Waals surface area (Å²) in [6.07, 6.45) is 3.74. The molecule has 3 N–H and O–H groups in total. The van der Waals surface area contributed by atoms with Crippen LogP contribution in [0.15, 0.2) is 59.3 Å². The average Bonchev–Trinajstić information content (AvgIpc) is 3.66. The molecule has 0 radical (unpaired) electrons. The van der Waals surface area contributed by atoms with Crippen LogP contribution in [-0.2, 0) is 32.0 Å². The summed E-state index contributed by atoms with van der Waals surface area (Å²) < 4.78 is 35.7. The summed E-state index contributed by atoms with van der Waals surface area (Å²) in [5.74, 6) is 0.950. The second-order valence-electron chi connectivity index (χ2n) is 9.25. The largest absolute Gasteiger partial charge is 0.467 e. The van der Waals surface area contributed by atoms with E-state index in [2.05, 4.69) is 25.6 Å². The number of ether oxygens (including phenoxy) is 3. The second kappa shape index (κ2) is 13.3. The molecule has 5 rings (SSSR count). The highest BCUT2D eigenvalue weighted by Crippen LogP contribution is 2.30. The minimum atomic E-state index is -0.575. The number of furan rings is 1. The molecule has 0 aliphatic carbocycles. The molecule has 1 aliphatic heterocycles. The quantitative estimate of drug-likeness (QED) is 0.226. The lowest BCUT2D eigenvalue weighted by Gasteiger charge is -2.28. The third-order valence-corrected chi connectivity index (χ3v) is 6.30. The fourth-order valence-corrected chi connectivity index (χ4v) is 4.23. The van der Waals surface area contributed by atoms with Gasteiger partial charge in [0.15, 0.2) is 6.29 Å². The minimum absolute atomic E-state index is 0.103. The van der Waals surface area contributed by atoms with Gasteiger partial charge in [0.25, 0.3) is 0 Å². The number of halogens is 1. The average molecular weight is 551 g/mol. The lowest BCUT2D eigenvalue weighted by atomic mass is 10.1. The van der Waals surface area contributed by atoms with E-state index in [9.17, 15) is 9.18 Å². The van der Waals surface area contributed by atoms with Gasteiger partial charge in [0.05, 0.1) is 55.4 Å². The zero-order valence-electron chi connectivity index (χ0n) is 22.1. The predicted octanol–water partition coefficient (Wildman–Crippen LogP) is 3.56. The van der Waals surface area contributed by atoms with Crippen LogP contribution in [0.5, 0.6) is 0 Å². The number of nitrogens with zero attached hydrogens (tertiary/aromatic N) is 3. The molecule has 0 atom stereocenters. The molecule has 40 heavy (non-hydrogen) atoms. The first-order valence-electron chi connectivity index (χ1n) is 13.0. The van der Waals surface area contributed by atoms with E-state index in [1.54, 1.807) is 37.8 Å². The van der Waals surface area contributed by atoms with Crippen LogP contribution in [0.25, 0.3) is 22.6 Å². The summed E-state index contributed by atoms with van der Waals surface area (Å²) in [4.78, 5) is 29.4. The van der Waals surface area contributed by atoms with Crippen molar-refractivity contribution in [1.82, 2.24) is 25.3 Å². The number of methoxy groups -OCH3 is 1. The Morgan fingerprint density at radius 2 is 1.98 bits per heavy atom. The Hall–Kier alpha value is -4.13. The van der Waals surface area contributed by atoms with Crippen molar-refractivity contribution in [2.24, 2.45) is 5.92 Å². The second-order valence-corrected chi connectivity index (χ2v) is 9.25. The van der Waals surface area contributed by atoms with E-state index in [-0.39, 0.29) is 30.9 Å². The van der Waals surface area contributed by atoms with E-state index in [0.29, 0.717) is 55.0 Å². The van der Waals surface area contributed by atoms with Crippen LogP contribution < -0.4 is 10.6 Å². The lowest BCUT2D eigenvalue weighted by Crippen LogP contribution is -2.42. The maximum absolute atomic E-state index is 13.7. The molecule has 1 saturated heterocycles. The molecule has 210 valence electrons. The van der Waals surface area contributed by atoms with Crippen LogP contribution >= 0.6 is 0 Å². The van der Waals surface area contributed by atoms with Crippen molar-refractivity contribution in [3.63, 3.8) is 0 Å². The molecule has 1 fully saturated rings. The Morgan fingerprint density at radius 3 is 2.73 bits per heavy atom. The van der Waals surface area contributed by atoms with Crippen LogP contribution in [-0.4, -0.2) is 65.6 Å².